The van der Waals surface area contributed by atoms with Crippen LogP contribution in [0.5, 0.6) is 0 Å². The minimum atomic E-state index is -0.0919. The van der Waals surface area contributed by atoms with Crippen molar-refractivity contribution in [1.29, 1.82) is 0 Å². The van der Waals surface area contributed by atoms with Crippen LogP contribution in [0.3, 0.4) is 0 Å². The van der Waals surface area contributed by atoms with E-state index in [0.29, 0.717) is 5.82 Å². The number of hydrogen-bond acceptors (Lipinski definition) is 4. The monoisotopic (exact) mass is 314 g/mol. The fraction of sp³-hybridized carbons (Fsp3) is 0.471. The molecule has 3 heterocycles. The van der Waals surface area contributed by atoms with Gasteiger partial charge in [0.05, 0.1) is 12.0 Å². The van der Waals surface area contributed by atoms with Crippen molar-refractivity contribution in [2.24, 2.45) is 5.92 Å². The summed E-state index contributed by atoms with van der Waals surface area (Å²) in [6.45, 7) is 3.47. The van der Waals surface area contributed by atoms with Gasteiger partial charge in [0.25, 0.3) is 0 Å². The van der Waals surface area contributed by atoms with Crippen molar-refractivity contribution in [2.75, 3.05) is 11.9 Å². The normalized spacial score (nSPS) is 21.1. The number of ether oxygens (including phenoxy) is 1. The first kappa shape index (κ1) is 15.7. The minimum absolute atomic E-state index is 0.00316. The fourth-order valence-electron chi connectivity index (χ4n) is 2.83. The Hall–Kier alpha value is -2.21. The molecule has 0 aromatic carbocycles. The molecule has 1 aliphatic heterocycles. The second-order valence-electron chi connectivity index (χ2n) is 5.88. The second-order valence-corrected chi connectivity index (χ2v) is 5.88. The number of carbonyl (C=O) groups excluding carboxylic acids is 1. The summed E-state index contributed by atoms with van der Waals surface area (Å²) in [6.07, 6.45) is 8.12. The zero-order valence-electron chi connectivity index (χ0n) is 13.3. The Morgan fingerprint density at radius 3 is 3.00 bits per heavy atom. The van der Waals surface area contributed by atoms with E-state index >= 15 is 0 Å². The molecule has 1 saturated heterocycles. The molecule has 0 radical (unpaired) electrons. The highest BCUT2D eigenvalue weighted by Crippen LogP contribution is 2.22. The third kappa shape index (κ3) is 4.16. The molecule has 0 saturated carbocycles. The first-order valence-corrected chi connectivity index (χ1v) is 8.07. The molecule has 1 N–H and O–H groups in total. The van der Waals surface area contributed by atoms with E-state index in [4.69, 9.17) is 4.74 Å². The molecule has 122 valence electrons. The molecule has 2 aromatic heterocycles. The summed E-state index contributed by atoms with van der Waals surface area (Å²) in [4.78, 5) is 16.3. The van der Waals surface area contributed by atoms with Gasteiger partial charge in [0.1, 0.15) is 0 Å². The summed E-state index contributed by atoms with van der Waals surface area (Å²) in [6, 6.07) is 5.83. The van der Waals surface area contributed by atoms with E-state index in [1.54, 1.807) is 12.4 Å². The predicted octanol–water partition coefficient (Wildman–Crippen LogP) is 2.27. The van der Waals surface area contributed by atoms with E-state index in [2.05, 4.69) is 15.4 Å². The van der Waals surface area contributed by atoms with Crippen LogP contribution in [0.4, 0.5) is 5.82 Å². The van der Waals surface area contributed by atoms with Crippen molar-refractivity contribution in [1.82, 2.24) is 14.8 Å². The fourth-order valence-corrected chi connectivity index (χ4v) is 2.83. The average Bonchev–Trinajstić information content (AvgIpc) is 3.02. The summed E-state index contributed by atoms with van der Waals surface area (Å²) in [5.74, 6) is 0.504. The third-order valence-electron chi connectivity index (χ3n) is 4.21. The number of carbonyl (C=O) groups is 1. The van der Waals surface area contributed by atoms with Crippen molar-refractivity contribution >= 4 is 11.7 Å². The number of nitrogens with one attached hydrogen (secondary N) is 1. The van der Waals surface area contributed by atoms with Crippen LogP contribution in [0.1, 0.15) is 25.3 Å². The summed E-state index contributed by atoms with van der Waals surface area (Å²) < 4.78 is 7.39. The Morgan fingerprint density at radius 2 is 2.22 bits per heavy atom. The highest BCUT2D eigenvalue weighted by molar-refractivity contribution is 5.92. The van der Waals surface area contributed by atoms with E-state index in [0.717, 1.165) is 32.4 Å². The Morgan fingerprint density at radius 1 is 1.39 bits per heavy atom. The van der Waals surface area contributed by atoms with Gasteiger partial charge < -0.3 is 10.1 Å². The van der Waals surface area contributed by atoms with Gasteiger partial charge in [0.2, 0.25) is 5.91 Å². The van der Waals surface area contributed by atoms with E-state index in [9.17, 15) is 4.79 Å². The lowest BCUT2D eigenvalue weighted by molar-refractivity contribution is -0.127. The SMILES string of the molecule is C[C@@H]1OCCC[C@H]1C(=O)Nc1ccn(CCc2ccncc2)n1. The number of nitrogens with zero attached hydrogens (tertiary/aromatic N) is 3. The molecule has 0 aliphatic carbocycles. The maximum atomic E-state index is 12.3. The summed E-state index contributed by atoms with van der Waals surface area (Å²) in [5.41, 5.74) is 1.22. The third-order valence-corrected chi connectivity index (χ3v) is 4.21. The summed E-state index contributed by atoms with van der Waals surface area (Å²) >= 11 is 0. The topological polar surface area (TPSA) is 69.0 Å². The summed E-state index contributed by atoms with van der Waals surface area (Å²) in [5, 5.41) is 7.31. The largest absolute Gasteiger partial charge is 0.378 e. The highest BCUT2D eigenvalue weighted by atomic mass is 16.5. The van der Waals surface area contributed by atoms with Crippen LogP contribution in [0.15, 0.2) is 36.8 Å². The van der Waals surface area contributed by atoms with Crippen LogP contribution >= 0.6 is 0 Å². The Balaban J connectivity index is 1.53. The quantitative estimate of drug-likeness (QED) is 0.919. The zero-order chi connectivity index (χ0) is 16.1. The van der Waals surface area contributed by atoms with Crippen molar-refractivity contribution in [2.45, 2.75) is 38.8 Å². The maximum absolute atomic E-state index is 12.3. The zero-order valence-corrected chi connectivity index (χ0v) is 13.3. The number of hydrogen-bond donors (Lipinski definition) is 1. The lowest BCUT2D eigenvalue weighted by Crippen LogP contribution is -2.36. The predicted molar refractivity (Wildman–Crippen MR) is 86.9 cm³/mol. The van der Waals surface area contributed by atoms with Crippen LogP contribution in [-0.2, 0) is 22.5 Å². The molecule has 0 unspecified atom stereocenters. The minimum Gasteiger partial charge on any atom is -0.378 e. The molecule has 1 aliphatic rings. The Kier molecular flexibility index (Phi) is 5.02. The lowest BCUT2D eigenvalue weighted by atomic mass is 9.94. The number of aryl methyl sites for hydroxylation is 2. The van der Waals surface area contributed by atoms with Crippen molar-refractivity contribution in [3.63, 3.8) is 0 Å². The molecule has 0 bridgehead atoms. The summed E-state index contributed by atoms with van der Waals surface area (Å²) in [7, 11) is 0. The molecule has 6 nitrogen and oxygen atoms in total. The van der Waals surface area contributed by atoms with Crippen LogP contribution in [-0.4, -0.2) is 33.4 Å². The average molecular weight is 314 g/mol. The van der Waals surface area contributed by atoms with Gasteiger partial charge in [0, 0.05) is 37.8 Å². The van der Waals surface area contributed by atoms with Gasteiger partial charge >= 0.3 is 0 Å². The molecule has 3 rings (SSSR count). The number of amides is 1. The molecule has 1 fully saturated rings. The van der Waals surface area contributed by atoms with Gasteiger partial charge in [0.15, 0.2) is 5.82 Å². The van der Waals surface area contributed by atoms with Crippen molar-refractivity contribution in [3.8, 4) is 0 Å². The van der Waals surface area contributed by atoms with Crippen molar-refractivity contribution < 1.29 is 9.53 Å². The molecule has 0 spiro atoms. The van der Waals surface area contributed by atoms with E-state index in [1.807, 2.05) is 36.0 Å². The van der Waals surface area contributed by atoms with Crippen molar-refractivity contribution in [3.05, 3.63) is 42.4 Å². The Labute approximate surface area is 135 Å². The van der Waals surface area contributed by atoms with Crippen LogP contribution in [0.2, 0.25) is 0 Å². The highest BCUT2D eigenvalue weighted by Gasteiger charge is 2.28. The molecule has 6 heteroatoms. The van der Waals surface area contributed by atoms with Gasteiger partial charge in [-0.2, -0.15) is 5.10 Å². The van der Waals surface area contributed by atoms with Gasteiger partial charge in [-0.1, -0.05) is 0 Å². The molecular formula is C17H22N4O2. The maximum Gasteiger partial charge on any atom is 0.231 e. The lowest BCUT2D eigenvalue weighted by Gasteiger charge is -2.27. The van der Waals surface area contributed by atoms with Gasteiger partial charge in [-0.15, -0.1) is 0 Å². The van der Waals surface area contributed by atoms with Crippen LogP contribution in [0.25, 0.3) is 0 Å². The number of aromatic nitrogens is 3. The standard InChI is InChI=1S/C17H22N4O2/c1-13-15(3-2-12-23-13)17(22)19-16-7-11-21(20-16)10-6-14-4-8-18-9-5-14/h4-5,7-9,11,13,15H,2-3,6,10,12H2,1H3,(H,19,20,22)/t13-,15+/m0/s1. The number of pyridine rings is 1. The molecule has 1 amide bonds. The van der Waals surface area contributed by atoms with E-state index in [-0.39, 0.29) is 17.9 Å². The van der Waals surface area contributed by atoms with Crippen LogP contribution in [0, 0.1) is 5.92 Å². The van der Waals surface area contributed by atoms with Crippen LogP contribution < -0.4 is 5.32 Å². The Bertz CT molecular complexity index is 641. The van der Waals surface area contributed by atoms with Gasteiger partial charge in [-0.3, -0.25) is 14.5 Å². The first-order valence-electron chi connectivity index (χ1n) is 8.07. The number of anilines is 1. The van der Waals surface area contributed by atoms with E-state index < -0.39 is 0 Å². The smallest absolute Gasteiger partial charge is 0.231 e. The molecule has 2 aromatic rings. The van der Waals surface area contributed by atoms with E-state index in [1.165, 1.54) is 5.56 Å². The molecule has 23 heavy (non-hydrogen) atoms. The van der Waals surface area contributed by atoms with Gasteiger partial charge in [-0.25, -0.2) is 0 Å². The first-order chi connectivity index (χ1) is 11.2. The number of rotatable bonds is 5. The van der Waals surface area contributed by atoms with Gasteiger partial charge in [-0.05, 0) is 43.9 Å². The molecular weight excluding hydrogens is 292 g/mol. The molecule has 2 atom stereocenters. The second kappa shape index (κ2) is 7.37.